The van der Waals surface area contributed by atoms with Gasteiger partial charge in [0.05, 0.1) is 6.61 Å². The number of rotatable bonds is 5. The molecule has 0 bridgehead atoms. The Bertz CT molecular complexity index is 517. The lowest BCUT2D eigenvalue weighted by Crippen LogP contribution is -2.11. The second-order valence-electron chi connectivity index (χ2n) is 4.11. The van der Waals surface area contributed by atoms with Crippen LogP contribution in [0, 0.1) is 0 Å². The Morgan fingerprint density at radius 3 is 2.20 bits per heavy atom. The fourth-order valence-corrected chi connectivity index (χ4v) is 1.72. The Morgan fingerprint density at radius 1 is 1.10 bits per heavy atom. The molecule has 0 aliphatic carbocycles. The van der Waals surface area contributed by atoms with Crippen LogP contribution >= 0.6 is 11.6 Å². The predicted molar refractivity (Wildman–Crippen MR) is 77.3 cm³/mol. The molecule has 20 heavy (non-hydrogen) atoms. The summed E-state index contributed by atoms with van der Waals surface area (Å²) in [5.74, 6) is -0.835. The maximum absolute atomic E-state index is 11.8. The Labute approximate surface area is 123 Å². The number of hydrogen-bond acceptors (Lipinski definition) is 4. The first kappa shape index (κ1) is 16.2. The number of carbonyl (C=O) groups is 2. The quantitative estimate of drug-likeness (QED) is 0.618. The van der Waals surface area contributed by atoms with Crippen LogP contribution in [0.3, 0.4) is 0 Å². The fourth-order valence-electron chi connectivity index (χ4n) is 1.60. The number of esters is 2. The molecule has 0 N–H and O–H groups in total. The number of halogens is 1. The third kappa shape index (κ3) is 4.70. The fraction of sp³-hybridized carbons (Fsp3) is 0.333. The SMILES string of the molecule is CCOC(=O)/C(C)=C(/COC(C)=O)c1ccc(Cl)cc1. The van der Waals surface area contributed by atoms with E-state index in [1.165, 1.54) is 6.92 Å². The smallest absolute Gasteiger partial charge is 0.334 e. The Balaban J connectivity index is 3.12. The van der Waals surface area contributed by atoms with Crippen LogP contribution in [0.5, 0.6) is 0 Å². The summed E-state index contributed by atoms with van der Waals surface area (Å²) in [5.41, 5.74) is 1.78. The maximum atomic E-state index is 11.8. The molecule has 0 aromatic heterocycles. The predicted octanol–water partition coefficient (Wildman–Crippen LogP) is 3.24. The van der Waals surface area contributed by atoms with E-state index in [9.17, 15) is 9.59 Å². The summed E-state index contributed by atoms with van der Waals surface area (Å²) in [5, 5.41) is 0.592. The molecule has 1 rings (SSSR count). The van der Waals surface area contributed by atoms with Gasteiger partial charge >= 0.3 is 11.9 Å². The van der Waals surface area contributed by atoms with E-state index in [0.717, 1.165) is 5.56 Å². The average molecular weight is 297 g/mol. The van der Waals surface area contributed by atoms with Gasteiger partial charge in [0, 0.05) is 23.1 Å². The first-order valence-electron chi connectivity index (χ1n) is 6.21. The van der Waals surface area contributed by atoms with Gasteiger partial charge in [-0.15, -0.1) is 0 Å². The molecule has 0 aliphatic heterocycles. The van der Waals surface area contributed by atoms with Gasteiger partial charge in [0.15, 0.2) is 0 Å². The van der Waals surface area contributed by atoms with Crippen LogP contribution in [0.2, 0.25) is 5.02 Å². The standard InChI is InChI=1S/C15H17ClO4/c1-4-19-15(18)10(2)14(9-20-11(3)17)12-5-7-13(16)8-6-12/h5-8H,4,9H2,1-3H3/b14-10-. The van der Waals surface area contributed by atoms with E-state index in [2.05, 4.69) is 0 Å². The summed E-state index contributed by atoms with van der Waals surface area (Å²) in [6.07, 6.45) is 0. The van der Waals surface area contributed by atoms with Gasteiger partial charge in [-0.1, -0.05) is 23.7 Å². The molecule has 1 aromatic rings. The second-order valence-corrected chi connectivity index (χ2v) is 4.55. The topological polar surface area (TPSA) is 52.6 Å². The lowest BCUT2D eigenvalue weighted by molar-refractivity contribution is -0.140. The van der Waals surface area contributed by atoms with E-state index in [4.69, 9.17) is 21.1 Å². The largest absolute Gasteiger partial charge is 0.463 e. The Kier molecular flexibility index (Phi) is 6.25. The molecule has 0 aliphatic rings. The lowest BCUT2D eigenvalue weighted by atomic mass is 10.0. The lowest BCUT2D eigenvalue weighted by Gasteiger charge is -2.12. The number of ether oxygens (including phenoxy) is 2. The van der Waals surface area contributed by atoms with Crippen molar-refractivity contribution in [2.45, 2.75) is 20.8 Å². The van der Waals surface area contributed by atoms with Crippen molar-refractivity contribution in [2.75, 3.05) is 13.2 Å². The van der Waals surface area contributed by atoms with Gasteiger partial charge in [-0.05, 0) is 31.5 Å². The molecule has 0 heterocycles. The van der Waals surface area contributed by atoms with Crippen LogP contribution in [0.1, 0.15) is 26.3 Å². The molecule has 4 nitrogen and oxygen atoms in total. The normalized spacial score (nSPS) is 11.6. The number of carbonyl (C=O) groups excluding carboxylic acids is 2. The minimum absolute atomic E-state index is 0.0155. The second kappa shape index (κ2) is 7.70. The summed E-state index contributed by atoms with van der Waals surface area (Å²) >= 11 is 5.84. The Morgan fingerprint density at radius 2 is 1.70 bits per heavy atom. The van der Waals surface area contributed by atoms with Crippen molar-refractivity contribution in [3.63, 3.8) is 0 Å². The molecule has 0 radical (unpaired) electrons. The molecular formula is C15H17ClO4. The monoisotopic (exact) mass is 296 g/mol. The molecule has 0 spiro atoms. The third-order valence-corrected chi connectivity index (χ3v) is 2.90. The average Bonchev–Trinajstić information content (AvgIpc) is 2.40. The van der Waals surface area contributed by atoms with Crippen molar-refractivity contribution in [2.24, 2.45) is 0 Å². The van der Waals surface area contributed by atoms with E-state index >= 15 is 0 Å². The van der Waals surface area contributed by atoms with Gasteiger partial charge in [-0.25, -0.2) is 4.79 Å². The van der Waals surface area contributed by atoms with E-state index in [0.29, 0.717) is 16.2 Å². The minimum Gasteiger partial charge on any atom is -0.463 e. The molecule has 0 unspecified atom stereocenters. The molecule has 5 heteroatoms. The van der Waals surface area contributed by atoms with Gasteiger partial charge in [0.1, 0.15) is 6.61 Å². The summed E-state index contributed by atoms with van der Waals surface area (Å²) < 4.78 is 9.97. The highest BCUT2D eigenvalue weighted by molar-refractivity contribution is 6.30. The molecular weight excluding hydrogens is 280 g/mol. The van der Waals surface area contributed by atoms with Gasteiger partial charge in [-0.3, -0.25) is 4.79 Å². The molecule has 0 saturated carbocycles. The zero-order chi connectivity index (χ0) is 15.1. The first-order chi connectivity index (χ1) is 9.45. The van der Waals surface area contributed by atoms with Crippen molar-refractivity contribution in [1.29, 1.82) is 0 Å². The molecule has 0 atom stereocenters. The number of hydrogen-bond donors (Lipinski definition) is 0. The molecule has 108 valence electrons. The van der Waals surface area contributed by atoms with Crippen LogP contribution in [-0.2, 0) is 19.1 Å². The van der Waals surface area contributed by atoms with E-state index < -0.39 is 11.9 Å². The van der Waals surface area contributed by atoms with Crippen molar-refractivity contribution in [3.8, 4) is 0 Å². The Hall–Kier alpha value is -1.81. The van der Waals surface area contributed by atoms with Crippen LogP contribution in [-0.4, -0.2) is 25.2 Å². The molecule has 0 amide bonds. The van der Waals surface area contributed by atoms with Gasteiger partial charge in [0.2, 0.25) is 0 Å². The summed E-state index contributed by atoms with van der Waals surface area (Å²) in [7, 11) is 0. The molecule has 0 saturated heterocycles. The summed E-state index contributed by atoms with van der Waals surface area (Å²) in [6.45, 7) is 5.00. The maximum Gasteiger partial charge on any atom is 0.334 e. The minimum atomic E-state index is -0.426. The zero-order valence-corrected chi connectivity index (χ0v) is 12.5. The van der Waals surface area contributed by atoms with Crippen molar-refractivity contribution in [3.05, 3.63) is 40.4 Å². The van der Waals surface area contributed by atoms with Crippen LogP contribution in [0.25, 0.3) is 5.57 Å². The van der Waals surface area contributed by atoms with E-state index in [-0.39, 0.29) is 13.2 Å². The highest BCUT2D eigenvalue weighted by Crippen LogP contribution is 2.22. The summed E-state index contributed by atoms with van der Waals surface area (Å²) in [4.78, 5) is 22.8. The van der Waals surface area contributed by atoms with Crippen molar-refractivity contribution >= 4 is 29.1 Å². The van der Waals surface area contributed by atoms with Gasteiger partial charge in [0.25, 0.3) is 0 Å². The summed E-state index contributed by atoms with van der Waals surface area (Å²) in [6, 6.07) is 6.96. The highest BCUT2D eigenvalue weighted by Gasteiger charge is 2.15. The third-order valence-electron chi connectivity index (χ3n) is 2.65. The van der Waals surface area contributed by atoms with E-state index in [1.54, 1.807) is 38.1 Å². The number of benzene rings is 1. The highest BCUT2D eigenvalue weighted by atomic mass is 35.5. The van der Waals surface area contributed by atoms with E-state index in [1.807, 2.05) is 0 Å². The van der Waals surface area contributed by atoms with Crippen LogP contribution in [0.4, 0.5) is 0 Å². The van der Waals surface area contributed by atoms with Crippen LogP contribution in [0.15, 0.2) is 29.8 Å². The molecule has 0 fully saturated rings. The van der Waals surface area contributed by atoms with Gasteiger partial charge in [-0.2, -0.15) is 0 Å². The van der Waals surface area contributed by atoms with Gasteiger partial charge < -0.3 is 9.47 Å². The van der Waals surface area contributed by atoms with Crippen molar-refractivity contribution < 1.29 is 19.1 Å². The molecule has 1 aromatic carbocycles. The zero-order valence-electron chi connectivity index (χ0n) is 11.7. The first-order valence-corrected chi connectivity index (χ1v) is 6.59. The van der Waals surface area contributed by atoms with Crippen LogP contribution < -0.4 is 0 Å². The van der Waals surface area contributed by atoms with Crippen molar-refractivity contribution in [1.82, 2.24) is 0 Å².